The Bertz CT molecular complexity index is 716. The minimum absolute atomic E-state index is 0.0404. The van der Waals surface area contributed by atoms with Crippen LogP contribution in [0, 0.1) is 11.8 Å². The van der Waals surface area contributed by atoms with Crippen molar-refractivity contribution < 1.29 is 17.3 Å². The maximum Gasteiger partial charge on any atom is 0.264 e. The predicted molar refractivity (Wildman–Crippen MR) is 114 cm³/mol. The SMILES string of the molecule is CC(COCC(CCc1ccccc1)CCc1ccccc1)COS(C)(=O)=O. The van der Waals surface area contributed by atoms with Gasteiger partial charge in [0.05, 0.1) is 19.5 Å². The first-order chi connectivity index (χ1) is 13.4. The van der Waals surface area contributed by atoms with E-state index in [0.29, 0.717) is 19.1 Å². The van der Waals surface area contributed by atoms with E-state index >= 15 is 0 Å². The highest BCUT2D eigenvalue weighted by Gasteiger charge is 2.13. The van der Waals surface area contributed by atoms with E-state index in [4.69, 9.17) is 8.92 Å². The summed E-state index contributed by atoms with van der Waals surface area (Å²) in [5.74, 6) is 0.502. The number of rotatable bonds is 13. The molecule has 0 aromatic heterocycles. The second kappa shape index (κ2) is 12.0. The van der Waals surface area contributed by atoms with Crippen LogP contribution in [0.2, 0.25) is 0 Å². The minimum atomic E-state index is -3.39. The third-order valence-electron chi connectivity index (χ3n) is 4.69. The van der Waals surface area contributed by atoms with Crippen LogP contribution in [0.3, 0.4) is 0 Å². The van der Waals surface area contributed by atoms with Crippen molar-refractivity contribution in [1.29, 1.82) is 0 Å². The number of ether oxygens (including phenoxy) is 1. The van der Waals surface area contributed by atoms with E-state index in [1.54, 1.807) is 0 Å². The zero-order valence-electron chi connectivity index (χ0n) is 16.9. The summed E-state index contributed by atoms with van der Waals surface area (Å²) in [6, 6.07) is 21.1. The molecule has 0 aliphatic rings. The van der Waals surface area contributed by atoms with Crippen molar-refractivity contribution in [3.63, 3.8) is 0 Å². The Balaban J connectivity index is 1.80. The van der Waals surface area contributed by atoms with Crippen LogP contribution in [-0.4, -0.2) is 34.5 Å². The lowest BCUT2D eigenvalue weighted by atomic mass is 9.94. The largest absolute Gasteiger partial charge is 0.381 e. The van der Waals surface area contributed by atoms with Crippen molar-refractivity contribution in [1.82, 2.24) is 0 Å². The van der Waals surface area contributed by atoms with Crippen LogP contribution in [0.4, 0.5) is 0 Å². The van der Waals surface area contributed by atoms with Gasteiger partial charge in [0.25, 0.3) is 10.1 Å². The van der Waals surface area contributed by atoms with Crippen LogP contribution in [-0.2, 0) is 31.9 Å². The molecule has 1 atom stereocenters. The molecule has 1 unspecified atom stereocenters. The molecule has 2 aromatic carbocycles. The molecule has 0 saturated heterocycles. The van der Waals surface area contributed by atoms with Crippen LogP contribution < -0.4 is 0 Å². The van der Waals surface area contributed by atoms with Crippen LogP contribution in [0.25, 0.3) is 0 Å². The standard InChI is InChI=1S/C23H32O4S/c1-20(18-27-28(2,24)25)17-26-19-23(15-13-21-9-5-3-6-10-21)16-14-22-11-7-4-8-12-22/h3-12,20,23H,13-19H2,1-2H3. The normalized spacial score (nSPS) is 13.0. The summed E-state index contributed by atoms with van der Waals surface area (Å²) in [6.45, 7) is 3.29. The van der Waals surface area contributed by atoms with Crippen molar-refractivity contribution in [2.75, 3.05) is 26.1 Å². The van der Waals surface area contributed by atoms with Crippen LogP contribution >= 0.6 is 0 Å². The molecule has 2 rings (SSSR count). The highest BCUT2D eigenvalue weighted by atomic mass is 32.2. The molecule has 0 bridgehead atoms. The number of aryl methyl sites for hydroxylation is 2. The van der Waals surface area contributed by atoms with Gasteiger partial charge in [0.15, 0.2) is 0 Å². The molecule has 5 heteroatoms. The van der Waals surface area contributed by atoms with Gasteiger partial charge in [-0.1, -0.05) is 67.6 Å². The summed E-state index contributed by atoms with van der Waals surface area (Å²) in [4.78, 5) is 0. The molecule has 0 aliphatic carbocycles. The number of benzene rings is 2. The monoisotopic (exact) mass is 404 g/mol. The van der Waals surface area contributed by atoms with Gasteiger partial charge in [-0.05, 0) is 42.7 Å². The summed E-state index contributed by atoms with van der Waals surface area (Å²) < 4.78 is 33.0. The zero-order valence-corrected chi connectivity index (χ0v) is 17.7. The van der Waals surface area contributed by atoms with Gasteiger partial charge in [0, 0.05) is 12.5 Å². The van der Waals surface area contributed by atoms with E-state index in [1.807, 2.05) is 19.1 Å². The van der Waals surface area contributed by atoms with Gasteiger partial charge in [-0.2, -0.15) is 8.42 Å². The summed E-state index contributed by atoms with van der Waals surface area (Å²) in [5, 5.41) is 0. The summed E-state index contributed by atoms with van der Waals surface area (Å²) in [5.41, 5.74) is 2.70. The fourth-order valence-corrected chi connectivity index (χ4v) is 3.55. The molecular formula is C23H32O4S. The fraction of sp³-hybridized carbons (Fsp3) is 0.478. The average Bonchev–Trinajstić information content (AvgIpc) is 2.69. The van der Waals surface area contributed by atoms with Crippen molar-refractivity contribution in [2.24, 2.45) is 11.8 Å². The highest BCUT2D eigenvalue weighted by Crippen LogP contribution is 2.18. The highest BCUT2D eigenvalue weighted by molar-refractivity contribution is 7.85. The molecule has 0 fully saturated rings. The zero-order chi connectivity index (χ0) is 20.2. The van der Waals surface area contributed by atoms with Gasteiger partial charge < -0.3 is 4.74 Å². The third kappa shape index (κ3) is 10.0. The fourth-order valence-electron chi connectivity index (χ4n) is 3.07. The first-order valence-corrected chi connectivity index (χ1v) is 11.7. The summed E-state index contributed by atoms with van der Waals surface area (Å²) in [6.07, 6.45) is 5.30. The predicted octanol–water partition coefficient (Wildman–Crippen LogP) is 4.50. The third-order valence-corrected chi connectivity index (χ3v) is 5.25. The van der Waals surface area contributed by atoms with E-state index in [-0.39, 0.29) is 12.5 Å². The van der Waals surface area contributed by atoms with Crippen molar-refractivity contribution in [3.8, 4) is 0 Å². The molecule has 28 heavy (non-hydrogen) atoms. The molecule has 0 N–H and O–H groups in total. The Labute approximate surface area is 170 Å². The molecule has 0 saturated carbocycles. The molecule has 0 amide bonds. The molecule has 2 aromatic rings. The molecule has 0 radical (unpaired) electrons. The van der Waals surface area contributed by atoms with Crippen LogP contribution in [0.1, 0.15) is 30.9 Å². The Morgan fingerprint density at radius 2 is 1.29 bits per heavy atom. The van der Waals surface area contributed by atoms with Crippen LogP contribution in [0.5, 0.6) is 0 Å². The van der Waals surface area contributed by atoms with E-state index < -0.39 is 10.1 Å². The van der Waals surface area contributed by atoms with Gasteiger partial charge in [-0.25, -0.2) is 0 Å². The Hall–Kier alpha value is -1.69. The van der Waals surface area contributed by atoms with Gasteiger partial charge >= 0.3 is 0 Å². The molecule has 154 valence electrons. The molecule has 4 nitrogen and oxygen atoms in total. The van der Waals surface area contributed by atoms with Gasteiger partial charge in [0.2, 0.25) is 0 Å². The molecule has 0 aliphatic heterocycles. The quantitative estimate of drug-likeness (QED) is 0.461. The van der Waals surface area contributed by atoms with E-state index in [1.165, 1.54) is 11.1 Å². The molecule has 0 spiro atoms. The van der Waals surface area contributed by atoms with Gasteiger partial charge in [-0.15, -0.1) is 0 Å². The topological polar surface area (TPSA) is 52.6 Å². The summed E-state index contributed by atoms with van der Waals surface area (Å²) >= 11 is 0. The van der Waals surface area contributed by atoms with E-state index in [2.05, 4.69) is 48.5 Å². The lowest BCUT2D eigenvalue weighted by Gasteiger charge is -2.19. The van der Waals surface area contributed by atoms with Gasteiger partial charge in [0.1, 0.15) is 0 Å². The second-order valence-electron chi connectivity index (χ2n) is 7.55. The Morgan fingerprint density at radius 3 is 1.75 bits per heavy atom. The van der Waals surface area contributed by atoms with E-state index in [0.717, 1.165) is 31.9 Å². The first-order valence-electron chi connectivity index (χ1n) is 9.92. The maximum atomic E-state index is 11.1. The molecule has 0 heterocycles. The van der Waals surface area contributed by atoms with Crippen molar-refractivity contribution in [3.05, 3.63) is 71.8 Å². The van der Waals surface area contributed by atoms with Crippen molar-refractivity contribution >= 4 is 10.1 Å². The Kier molecular flexibility index (Phi) is 9.68. The lowest BCUT2D eigenvalue weighted by molar-refractivity contribution is 0.0580. The maximum absolute atomic E-state index is 11.1. The van der Waals surface area contributed by atoms with Crippen molar-refractivity contribution in [2.45, 2.75) is 32.6 Å². The van der Waals surface area contributed by atoms with E-state index in [9.17, 15) is 8.42 Å². The number of hydrogen-bond acceptors (Lipinski definition) is 4. The smallest absolute Gasteiger partial charge is 0.264 e. The van der Waals surface area contributed by atoms with Gasteiger partial charge in [-0.3, -0.25) is 4.18 Å². The lowest BCUT2D eigenvalue weighted by Crippen LogP contribution is -2.19. The first kappa shape index (κ1) is 22.6. The minimum Gasteiger partial charge on any atom is -0.381 e. The second-order valence-corrected chi connectivity index (χ2v) is 9.19. The molecular weight excluding hydrogens is 372 g/mol. The number of hydrogen-bond donors (Lipinski definition) is 0. The average molecular weight is 405 g/mol. The Morgan fingerprint density at radius 1 is 0.786 bits per heavy atom. The van der Waals surface area contributed by atoms with Crippen LogP contribution in [0.15, 0.2) is 60.7 Å². The summed E-state index contributed by atoms with van der Waals surface area (Å²) in [7, 11) is -3.39.